The SMILES string of the molecule is CCCOc1c(Br)cc(CNc2nnnn2CC)cc1OCC. The third-order valence-electron chi connectivity index (χ3n) is 3.10. The van der Waals surface area contributed by atoms with Crippen LogP contribution in [-0.2, 0) is 13.1 Å². The smallest absolute Gasteiger partial charge is 0.243 e. The molecule has 7 nitrogen and oxygen atoms in total. The number of benzene rings is 1. The average molecular weight is 384 g/mol. The summed E-state index contributed by atoms with van der Waals surface area (Å²) in [6.45, 7) is 8.56. The lowest BCUT2D eigenvalue weighted by Gasteiger charge is -2.15. The topological polar surface area (TPSA) is 74.1 Å². The molecule has 0 spiro atoms. The van der Waals surface area contributed by atoms with Crippen molar-refractivity contribution in [3.8, 4) is 11.5 Å². The fraction of sp³-hybridized carbons (Fsp3) is 0.533. The number of nitrogens with one attached hydrogen (secondary N) is 1. The molecular weight excluding hydrogens is 362 g/mol. The fourth-order valence-corrected chi connectivity index (χ4v) is 2.66. The fourth-order valence-electron chi connectivity index (χ4n) is 2.06. The van der Waals surface area contributed by atoms with Gasteiger partial charge in [-0.05, 0) is 64.3 Å². The van der Waals surface area contributed by atoms with Crippen molar-refractivity contribution in [3.63, 3.8) is 0 Å². The number of nitrogens with zero attached hydrogens (tertiary/aromatic N) is 4. The van der Waals surface area contributed by atoms with Crippen molar-refractivity contribution in [1.29, 1.82) is 0 Å². The first kappa shape index (κ1) is 17.5. The van der Waals surface area contributed by atoms with Gasteiger partial charge >= 0.3 is 0 Å². The van der Waals surface area contributed by atoms with Gasteiger partial charge in [0.15, 0.2) is 11.5 Å². The molecule has 0 saturated heterocycles. The Morgan fingerprint density at radius 1 is 1.22 bits per heavy atom. The molecule has 0 aliphatic heterocycles. The summed E-state index contributed by atoms with van der Waals surface area (Å²) >= 11 is 3.57. The second-order valence-electron chi connectivity index (χ2n) is 4.86. The maximum Gasteiger partial charge on any atom is 0.243 e. The maximum atomic E-state index is 5.78. The van der Waals surface area contributed by atoms with Gasteiger partial charge in [-0.1, -0.05) is 12.0 Å². The Labute approximate surface area is 144 Å². The van der Waals surface area contributed by atoms with Gasteiger partial charge in [-0.2, -0.15) is 0 Å². The minimum Gasteiger partial charge on any atom is -0.490 e. The van der Waals surface area contributed by atoms with Crippen LogP contribution in [0.3, 0.4) is 0 Å². The number of anilines is 1. The van der Waals surface area contributed by atoms with Crippen molar-refractivity contribution < 1.29 is 9.47 Å². The van der Waals surface area contributed by atoms with Crippen molar-refractivity contribution >= 4 is 21.9 Å². The van der Waals surface area contributed by atoms with E-state index in [0.717, 1.165) is 28.0 Å². The Kier molecular flexibility index (Phi) is 6.64. The molecule has 0 fully saturated rings. The summed E-state index contributed by atoms with van der Waals surface area (Å²) in [5, 5.41) is 14.8. The molecule has 0 bridgehead atoms. The number of halogens is 1. The summed E-state index contributed by atoms with van der Waals surface area (Å²) in [5.41, 5.74) is 1.05. The van der Waals surface area contributed by atoms with E-state index >= 15 is 0 Å². The molecule has 1 aromatic carbocycles. The minimum absolute atomic E-state index is 0.583. The highest BCUT2D eigenvalue weighted by Crippen LogP contribution is 2.37. The zero-order valence-corrected chi connectivity index (χ0v) is 15.3. The van der Waals surface area contributed by atoms with Crippen molar-refractivity contribution in [2.75, 3.05) is 18.5 Å². The molecule has 1 N–H and O–H groups in total. The molecule has 0 aliphatic carbocycles. The van der Waals surface area contributed by atoms with Gasteiger partial charge in [0.2, 0.25) is 5.95 Å². The van der Waals surface area contributed by atoms with Crippen LogP contribution in [-0.4, -0.2) is 33.4 Å². The lowest BCUT2D eigenvalue weighted by atomic mass is 10.2. The van der Waals surface area contributed by atoms with E-state index in [1.165, 1.54) is 0 Å². The zero-order valence-electron chi connectivity index (χ0n) is 13.7. The van der Waals surface area contributed by atoms with Gasteiger partial charge in [0.05, 0.1) is 17.7 Å². The molecule has 23 heavy (non-hydrogen) atoms. The first-order valence-electron chi connectivity index (χ1n) is 7.77. The summed E-state index contributed by atoms with van der Waals surface area (Å²) in [4.78, 5) is 0. The van der Waals surface area contributed by atoms with Gasteiger partial charge in [0.25, 0.3) is 0 Å². The summed E-state index contributed by atoms with van der Waals surface area (Å²) < 4.78 is 14.1. The van der Waals surface area contributed by atoms with E-state index in [2.05, 4.69) is 43.7 Å². The number of ether oxygens (including phenoxy) is 2. The largest absolute Gasteiger partial charge is 0.490 e. The van der Waals surface area contributed by atoms with Gasteiger partial charge < -0.3 is 14.8 Å². The zero-order chi connectivity index (χ0) is 16.7. The van der Waals surface area contributed by atoms with Crippen LogP contribution >= 0.6 is 15.9 Å². The first-order valence-corrected chi connectivity index (χ1v) is 8.56. The van der Waals surface area contributed by atoms with Crippen molar-refractivity contribution in [1.82, 2.24) is 20.2 Å². The molecule has 1 aromatic heterocycles. The highest BCUT2D eigenvalue weighted by Gasteiger charge is 2.13. The molecule has 126 valence electrons. The lowest BCUT2D eigenvalue weighted by Crippen LogP contribution is -2.08. The lowest BCUT2D eigenvalue weighted by molar-refractivity contribution is 0.275. The second-order valence-corrected chi connectivity index (χ2v) is 5.71. The van der Waals surface area contributed by atoms with Crippen LogP contribution in [0.2, 0.25) is 0 Å². The van der Waals surface area contributed by atoms with E-state index in [4.69, 9.17) is 9.47 Å². The number of hydrogen-bond donors (Lipinski definition) is 1. The van der Waals surface area contributed by atoms with Gasteiger partial charge in [0.1, 0.15) is 0 Å². The highest BCUT2D eigenvalue weighted by atomic mass is 79.9. The number of rotatable bonds is 9. The number of aromatic nitrogens is 4. The quantitative estimate of drug-likeness (QED) is 0.716. The standard InChI is InChI=1S/C15H22BrN5O2/c1-4-7-23-14-12(16)8-11(9-13(14)22-6-3)10-17-15-18-19-20-21(15)5-2/h8-9H,4-7,10H2,1-3H3,(H,17,18,20). The van der Waals surface area contributed by atoms with Gasteiger partial charge in [-0.25, -0.2) is 4.68 Å². The number of hydrogen-bond acceptors (Lipinski definition) is 6. The van der Waals surface area contributed by atoms with E-state index in [1.54, 1.807) is 4.68 Å². The predicted molar refractivity (Wildman–Crippen MR) is 91.9 cm³/mol. The molecule has 2 aromatic rings. The Bertz CT molecular complexity index is 632. The summed E-state index contributed by atoms with van der Waals surface area (Å²) in [5.74, 6) is 2.13. The Balaban J connectivity index is 2.15. The summed E-state index contributed by atoms with van der Waals surface area (Å²) in [6.07, 6.45) is 0.945. The molecule has 0 aliphatic rings. The third-order valence-corrected chi connectivity index (χ3v) is 3.69. The van der Waals surface area contributed by atoms with E-state index in [0.29, 0.717) is 32.3 Å². The predicted octanol–water partition coefficient (Wildman–Crippen LogP) is 3.26. The average Bonchev–Trinajstić information content (AvgIpc) is 3.00. The van der Waals surface area contributed by atoms with Crippen molar-refractivity contribution in [3.05, 3.63) is 22.2 Å². The minimum atomic E-state index is 0.583. The molecular formula is C15H22BrN5O2. The Hall–Kier alpha value is -1.83. The van der Waals surface area contributed by atoms with Crippen LogP contribution in [0.25, 0.3) is 0 Å². The van der Waals surface area contributed by atoms with Gasteiger partial charge in [0, 0.05) is 13.1 Å². The molecule has 2 rings (SSSR count). The molecule has 0 amide bonds. The van der Waals surface area contributed by atoms with E-state index in [1.807, 2.05) is 26.0 Å². The monoisotopic (exact) mass is 383 g/mol. The Morgan fingerprint density at radius 2 is 2.04 bits per heavy atom. The Morgan fingerprint density at radius 3 is 2.74 bits per heavy atom. The maximum absolute atomic E-state index is 5.78. The molecule has 1 heterocycles. The van der Waals surface area contributed by atoms with Crippen LogP contribution in [0.5, 0.6) is 11.5 Å². The van der Waals surface area contributed by atoms with Crippen LogP contribution < -0.4 is 14.8 Å². The van der Waals surface area contributed by atoms with E-state index in [9.17, 15) is 0 Å². The van der Waals surface area contributed by atoms with Crippen molar-refractivity contribution in [2.24, 2.45) is 0 Å². The van der Waals surface area contributed by atoms with Crippen LogP contribution in [0, 0.1) is 0 Å². The first-order chi connectivity index (χ1) is 11.2. The molecule has 0 saturated carbocycles. The van der Waals surface area contributed by atoms with E-state index in [-0.39, 0.29) is 0 Å². The van der Waals surface area contributed by atoms with E-state index < -0.39 is 0 Å². The number of aryl methyl sites for hydroxylation is 1. The van der Waals surface area contributed by atoms with Crippen LogP contribution in [0.1, 0.15) is 32.8 Å². The molecule has 0 radical (unpaired) electrons. The molecule has 0 atom stereocenters. The summed E-state index contributed by atoms with van der Waals surface area (Å²) in [7, 11) is 0. The van der Waals surface area contributed by atoms with Crippen molar-refractivity contribution in [2.45, 2.75) is 40.3 Å². The summed E-state index contributed by atoms with van der Waals surface area (Å²) in [6, 6.07) is 3.99. The van der Waals surface area contributed by atoms with Gasteiger partial charge in [-0.3, -0.25) is 0 Å². The molecule has 0 unspecified atom stereocenters. The van der Waals surface area contributed by atoms with Crippen LogP contribution in [0.4, 0.5) is 5.95 Å². The third kappa shape index (κ3) is 4.57. The second kappa shape index (κ2) is 8.71. The highest BCUT2D eigenvalue weighted by molar-refractivity contribution is 9.10. The van der Waals surface area contributed by atoms with Gasteiger partial charge in [-0.15, -0.1) is 0 Å². The molecule has 8 heteroatoms. The normalized spacial score (nSPS) is 10.6. The number of tetrazole rings is 1. The van der Waals surface area contributed by atoms with Crippen LogP contribution in [0.15, 0.2) is 16.6 Å².